The normalized spacial score (nSPS) is 27.0. The molecule has 1 fully saturated rings. The quantitative estimate of drug-likeness (QED) is 0.274. The first-order chi connectivity index (χ1) is 7.06. The largest absolute Gasteiger partial charge is 0.424 e. The monoisotopic (exact) mass is 444 g/mol. The summed E-state index contributed by atoms with van der Waals surface area (Å²) in [5.41, 5.74) is 0. The lowest BCUT2D eigenvalue weighted by Gasteiger charge is -2.15. The molecule has 16 heavy (non-hydrogen) atoms. The molecular weight excluding hydrogens is 444 g/mol. The highest BCUT2D eigenvalue weighted by molar-refractivity contribution is 9.42. The van der Waals surface area contributed by atoms with Crippen molar-refractivity contribution >= 4 is 69.7 Å². The average molecular weight is 447 g/mol. The van der Waals surface area contributed by atoms with Crippen molar-refractivity contribution < 1.29 is 32.0 Å². The minimum atomic E-state index is -4.32. The third kappa shape index (κ3) is 2.82. The van der Waals surface area contributed by atoms with Gasteiger partial charge in [-0.3, -0.25) is 4.79 Å². The third-order valence-electron chi connectivity index (χ3n) is 1.45. The van der Waals surface area contributed by atoms with Gasteiger partial charge in [0.1, 0.15) is 0 Å². The number of cyclic esters (lactones) is 1. The zero-order valence-corrected chi connectivity index (χ0v) is 12.7. The molecule has 0 amide bonds. The maximum atomic E-state index is 11.4. The van der Waals surface area contributed by atoms with Crippen LogP contribution in [0.5, 0.6) is 0 Å². The van der Waals surface area contributed by atoms with E-state index in [0.717, 1.165) is 0 Å². The molecule has 1 aliphatic heterocycles. The van der Waals surface area contributed by atoms with Gasteiger partial charge in [-0.15, -0.1) is 0 Å². The molecule has 1 N–H and O–H groups in total. The van der Waals surface area contributed by atoms with Crippen molar-refractivity contribution in [2.75, 3.05) is 0 Å². The molecule has 0 saturated carbocycles. The Hall–Kier alpha value is 0.450. The van der Waals surface area contributed by atoms with E-state index in [1.54, 1.807) is 0 Å². The van der Waals surface area contributed by atoms with E-state index >= 15 is 0 Å². The Balaban J connectivity index is 2.86. The number of alkyl halides is 3. The van der Waals surface area contributed by atoms with Gasteiger partial charge in [0.25, 0.3) is 7.76 Å². The van der Waals surface area contributed by atoms with Gasteiger partial charge in [0.2, 0.25) is 11.9 Å². The summed E-state index contributed by atoms with van der Waals surface area (Å²) in [6, 6.07) is 0. The van der Waals surface area contributed by atoms with E-state index in [9.17, 15) is 18.0 Å². The number of ketones is 1. The van der Waals surface area contributed by atoms with Crippen LogP contribution < -0.4 is 0 Å². The van der Waals surface area contributed by atoms with Gasteiger partial charge in [0, 0.05) is 0 Å². The maximum Gasteiger partial charge on any atom is 0.345 e. The van der Waals surface area contributed by atoms with Crippen molar-refractivity contribution in [3.05, 3.63) is 0 Å². The summed E-state index contributed by atoms with van der Waals surface area (Å²) < 4.78 is 29.4. The lowest BCUT2D eigenvalue weighted by molar-refractivity contribution is -0.156. The predicted octanol–water partition coefficient (Wildman–Crippen LogP) is -0.0583. The number of carbonyl (C=O) groups excluding carboxylic acids is 2. The molecule has 2 unspecified atom stereocenters. The molecule has 1 rings (SSSR count). The molecule has 7 nitrogen and oxygen atoms in total. The molecule has 1 saturated heterocycles. The number of esters is 1. The Morgan fingerprint density at radius 2 is 1.81 bits per heavy atom. The first kappa shape index (κ1) is 14.5. The summed E-state index contributed by atoms with van der Waals surface area (Å²) in [6.45, 7) is 0. The molecule has 0 aromatic rings. The van der Waals surface area contributed by atoms with Gasteiger partial charge in [-0.05, 0) is 47.8 Å². The van der Waals surface area contributed by atoms with Crippen molar-refractivity contribution in [3.63, 3.8) is 0 Å². The van der Waals surface area contributed by atoms with E-state index in [4.69, 9.17) is 5.11 Å². The van der Waals surface area contributed by atoms with Crippen LogP contribution in [0.1, 0.15) is 0 Å². The second-order valence-electron chi connectivity index (χ2n) is 2.57. The number of ether oxygens (including phenoxy) is 1. The maximum absolute atomic E-state index is 11.4. The van der Waals surface area contributed by atoms with E-state index in [-0.39, 0.29) is 0 Å². The van der Waals surface area contributed by atoms with Crippen LogP contribution in [0.2, 0.25) is 0 Å². The zero-order chi connectivity index (χ0) is 12.7. The smallest absolute Gasteiger partial charge is 0.345 e. The summed E-state index contributed by atoms with van der Waals surface area (Å²) in [7, 11) is -4.32. The minimum Gasteiger partial charge on any atom is -0.424 e. The van der Waals surface area contributed by atoms with Gasteiger partial charge < -0.3 is 9.84 Å². The molecule has 0 aromatic carbocycles. The summed E-state index contributed by atoms with van der Waals surface area (Å²) in [4.78, 5) is 21.8. The van der Waals surface area contributed by atoms with Gasteiger partial charge in [-0.1, -0.05) is 0 Å². The lowest BCUT2D eigenvalue weighted by atomic mass is 10.3. The number of carbonyl (C=O) groups is 2. The molecule has 0 aromatic heterocycles. The number of hydrogen-bond donors (Lipinski definition) is 1. The molecule has 11 heteroatoms. The number of aliphatic hydroxyl groups excluding tert-OH is 1. The SMILES string of the molecule is O=C1OC(OS(=O)(=O)C(Br)(Br)Br)C(=O)C1O. The lowest BCUT2D eigenvalue weighted by Crippen LogP contribution is -2.32. The highest BCUT2D eigenvalue weighted by Crippen LogP contribution is 2.41. The fraction of sp³-hybridized carbons (Fsp3) is 0.600. The number of aliphatic hydroxyl groups is 1. The van der Waals surface area contributed by atoms with E-state index in [1.807, 2.05) is 0 Å². The van der Waals surface area contributed by atoms with Crippen molar-refractivity contribution in [3.8, 4) is 0 Å². The standard InChI is InChI=1S/C5H3Br3O7S/c6-5(7,8)16(12,13)15-4-2(10)1(9)3(11)14-4/h1,4,9H. The molecule has 0 aliphatic carbocycles. The molecule has 92 valence electrons. The molecule has 0 spiro atoms. The average Bonchev–Trinajstić information content (AvgIpc) is 2.31. The Labute approximate surface area is 115 Å². The van der Waals surface area contributed by atoms with E-state index in [0.29, 0.717) is 0 Å². The van der Waals surface area contributed by atoms with Crippen LogP contribution in [0.25, 0.3) is 0 Å². The number of halogens is 3. The van der Waals surface area contributed by atoms with Crippen molar-refractivity contribution in [2.45, 2.75) is 13.9 Å². The van der Waals surface area contributed by atoms with Crippen molar-refractivity contribution in [1.82, 2.24) is 0 Å². The Bertz CT molecular complexity index is 424. The molecular formula is C5H3Br3O7S. The van der Waals surface area contributed by atoms with E-state index in [1.165, 1.54) is 0 Å². The van der Waals surface area contributed by atoms with Crippen molar-refractivity contribution in [1.29, 1.82) is 0 Å². The molecule has 1 heterocycles. The Morgan fingerprint density at radius 3 is 2.12 bits per heavy atom. The first-order valence-electron chi connectivity index (χ1n) is 3.48. The van der Waals surface area contributed by atoms with Gasteiger partial charge in [0.15, 0.2) is 0 Å². The first-order valence-corrected chi connectivity index (χ1v) is 7.27. The van der Waals surface area contributed by atoms with Crippen LogP contribution in [0.15, 0.2) is 0 Å². The van der Waals surface area contributed by atoms with Crippen LogP contribution in [0.4, 0.5) is 0 Å². The topological polar surface area (TPSA) is 107 Å². The van der Waals surface area contributed by atoms with Gasteiger partial charge >= 0.3 is 16.1 Å². The molecule has 0 bridgehead atoms. The summed E-state index contributed by atoms with van der Waals surface area (Å²) in [5.74, 6) is -2.43. The van der Waals surface area contributed by atoms with Gasteiger partial charge in [-0.25, -0.2) is 8.98 Å². The molecule has 2 atom stereocenters. The number of hydrogen-bond acceptors (Lipinski definition) is 7. The Morgan fingerprint density at radius 1 is 1.31 bits per heavy atom. The van der Waals surface area contributed by atoms with Gasteiger partial charge in [-0.2, -0.15) is 8.42 Å². The van der Waals surface area contributed by atoms with Crippen LogP contribution in [-0.4, -0.2) is 39.1 Å². The highest BCUT2D eigenvalue weighted by atomic mass is 80.0. The second-order valence-corrected chi connectivity index (χ2v) is 12.6. The van der Waals surface area contributed by atoms with Crippen LogP contribution in [0, 0.1) is 0 Å². The Kier molecular flexibility index (Phi) is 4.18. The summed E-state index contributed by atoms with van der Waals surface area (Å²) >= 11 is 7.99. The fourth-order valence-electron chi connectivity index (χ4n) is 0.710. The number of rotatable bonds is 2. The minimum absolute atomic E-state index is 1.18. The summed E-state index contributed by atoms with van der Waals surface area (Å²) in [6.07, 6.45) is -3.99. The zero-order valence-electron chi connectivity index (χ0n) is 7.09. The van der Waals surface area contributed by atoms with Crippen LogP contribution in [-0.2, 0) is 28.6 Å². The van der Waals surface area contributed by atoms with Crippen LogP contribution >= 0.6 is 47.8 Å². The van der Waals surface area contributed by atoms with Crippen molar-refractivity contribution in [2.24, 2.45) is 0 Å². The fourth-order valence-corrected chi connectivity index (χ4v) is 1.87. The highest BCUT2D eigenvalue weighted by Gasteiger charge is 2.49. The molecule has 1 aliphatic rings. The third-order valence-corrected chi connectivity index (χ3v) is 6.01. The van der Waals surface area contributed by atoms with Gasteiger partial charge in [0.05, 0.1) is 0 Å². The predicted molar refractivity (Wildman–Crippen MR) is 60.4 cm³/mol. The van der Waals surface area contributed by atoms with E-state index in [2.05, 4.69) is 56.7 Å². The summed E-state index contributed by atoms with van der Waals surface area (Å²) in [5, 5.41) is 8.90. The molecule has 0 radical (unpaired) electrons. The number of Topliss-reactive ketones (excluding diaryl/α,β-unsaturated/α-hetero) is 1. The van der Waals surface area contributed by atoms with E-state index < -0.39 is 35.7 Å². The van der Waals surface area contributed by atoms with Crippen LogP contribution in [0.3, 0.4) is 0 Å². The second kappa shape index (κ2) is 4.61.